The van der Waals surface area contributed by atoms with Crippen LogP contribution in [-0.2, 0) is 16.1 Å². The van der Waals surface area contributed by atoms with E-state index in [1.165, 1.54) is 0 Å². The third-order valence-electron chi connectivity index (χ3n) is 4.15. The lowest BCUT2D eigenvalue weighted by Crippen LogP contribution is -2.45. The van der Waals surface area contributed by atoms with Crippen molar-refractivity contribution in [1.29, 1.82) is 0 Å². The number of aliphatic carboxylic acids is 1. The Hall–Kier alpha value is -2.79. The number of fused-ring (bicyclic) bond motifs is 1. The van der Waals surface area contributed by atoms with Crippen LogP contribution in [-0.4, -0.2) is 64.6 Å². The summed E-state index contributed by atoms with van der Waals surface area (Å²) in [5, 5.41) is 14.8. The molecule has 3 rings (SSSR count). The second-order valence-corrected chi connectivity index (χ2v) is 6.67. The second-order valence-electron chi connectivity index (χ2n) is 6.24. The molecule has 0 aliphatic carbocycles. The molecule has 12 heteroatoms. The molecule has 0 saturated heterocycles. The van der Waals surface area contributed by atoms with Crippen LogP contribution in [0.5, 0.6) is 5.75 Å². The molecule has 0 fully saturated rings. The maximum atomic E-state index is 12.1. The number of rotatable bonds is 5. The van der Waals surface area contributed by atoms with Gasteiger partial charge >= 0.3 is 12.1 Å². The van der Waals surface area contributed by atoms with Crippen molar-refractivity contribution in [2.24, 2.45) is 0 Å². The number of nitrogens with one attached hydrogen (secondary N) is 1. The molecule has 1 amide bonds. The van der Waals surface area contributed by atoms with Gasteiger partial charge in [-0.15, -0.1) is 0 Å². The van der Waals surface area contributed by atoms with Gasteiger partial charge in [-0.1, -0.05) is 11.6 Å². The van der Waals surface area contributed by atoms with Crippen molar-refractivity contribution in [1.82, 2.24) is 20.0 Å². The zero-order chi connectivity index (χ0) is 22.3. The predicted molar refractivity (Wildman–Crippen MR) is 101 cm³/mol. The summed E-state index contributed by atoms with van der Waals surface area (Å²) < 4.78 is 39.3. The Labute approximate surface area is 175 Å². The first-order chi connectivity index (χ1) is 14.1. The molecule has 1 aliphatic rings. The quantitative estimate of drug-likeness (QED) is 0.729. The number of amides is 1. The topological polar surface area (TPSA) is 96.7 Å². The van der Waals surface area contributed by atoms with Crippen LogP contribution in [0.2, 0.25) is 5.02 Å². The fourth-order valence-corrected chi connectivity index (χ4v) is 2.84. The fourth-order valence-electron chi connectivity index (χ4n) is 2.72. The van der Waals surface area contributed by atoms with Gasteiger partial charge in [-0.05, 0) is 30.3 Å². The Morgan fingerprint density at radius 3 is 2.50 bits per heavy atom. The summed E-state index contributed by atoms with van der Waals surface area (Å²) in [6.45, 7) is 2.67. The summed E-state index contributed by atoms with van der Waals surface area (Å²) >= 11 is 5.85. The molecule has 0 radical (unpaired) electrons. The lowest BCUT2D eigenvalue weighted by molar-refractivity contribution is -0.192. The number of hydrogen-bond donors (Lipinski definition) is 2. The minimum absolute atomic E-state index is 0.0294. The van der Waals surface area contributed by atoms with Gasteiger partial charge in [0.15, 0.2) is 0 Å². The summed E-state index contributed by atoms with van der Waals surface area (Å²) in [7, 11) is 1.65. The number of nitrogens with zero attached hydrogens (tertiary/aromatic N) is 3. The number of aromatic nitrogens is 2. The lowest BCUT2D eigenvalue weighted by atomic mass is 10.2. The van der Waals surface area contributed by atoms with E-state index in [0.29, 0.717) is 18.2 Å². The molecule has 164 valence electrons. The molecule has 2 N–H and O–H groups in total. The molecule has 8 nitrogen and oxygen atoms in total. The van der Waals surface area contributed by atoms with E-state index < -0.39 is 12.1 Å². The SMILES string of the molecule is CNC(=O)C1CN(CCOc2ccc(Cl)cc2)Cc2ccnn21.O=C(O)C(F)(F)F. The number of carbonyl (C=O) groups is 2. The molecule has 2 aromatic rings. The van der Waals surface area contributed by atoms with Crippen LogP contribution >= 0.6 is 11.6 Å². The molecule has 2 heterocycles. The van der Waals surface area contributed by atoms with Crippen LogP contribution in [0.3, 0.4) is 0 Å². The highest BCUT2D eigenvalue weighted by Crippen LogP contribution is 2.21. The molecule has 1 unspecified atom stereocenters. The highest BCUT2D eigenvalue weighted by atomic mass is 35.5. The van der Waals surface area contributed by atoms with Crippen LogP contribution in [0.15, 0.2) is 36.5 Å². The number of ether oxygens (including phenoxy) is 1. The molecule has 1 atom stereocenters. The molecule has 0 saturated carbocycles. The van der Waals surface area contributed by atoms with Crippen molar-refractivity contribution < 1.29 is 32.6 Å². The van der Waals surface area contributed by atoms with Crippen molar-refractivity contribution in [2.45, 2.75) is 18.8 Å². The summed E-state index contributed by atoms with van der Waals surface area (Å²) in [4.78, 5) is 23.2. The molecule has 0 spiro atoms. The lowest BCUT2D eigenvalue weighted by Gasteiger charge is -2.32. The Bertz CT molecular complexity index is 858. The van der Waals surface area contributed by atoms with E-state index in [1.807, 2.05) is 18.2 Å². The highest BCUT2D eigenvalue weighted by Gasteiger charge is 2.38. The first-order valence-corrected chi connectivity index (χ1v) is 9.14. The zero-order valence-electron chi connectivity index (χ0n) is 15.9. The molecule has 1 aromatic heterocycles. The van der Waals surface area contributed by atoms with E-state index in [4.69, 9.17) is 26.2 Å². The minimum Gasteiger partial charge on any atom is -0.492 e. The first-order valence-electron chi connectivity index (χ1n) is 8.76. The average molecular weight is 449 g/mol. The zero-order valence-corrected chi connectivity index (χ0v) is 16.7. The third kappa shape index (κ3) is 6.63. The smallest absolute Gasteiger partial charge is 0.490 e. The Morgan fingerprint density at radius 2 is 1.93 bits per heavy atom. The van der Waals surface area contributed by atoms with Gasteiger partial charge < -0.3 is 15.2 Å². The van der Waals surface area contributed by atoms with E-state index in [0.717, 1.165) is 24.5 Å². The Balaban J connectivity index is 0.000000396. The van der Waals surface area contributed by atoms with Gasteiger partial charge in [0.25, 0.3) is 0 Å². The summed E-state index contributed by atoms with van der Waals surface area (Å²) in [6.07, 6.45) is -3.35. The van der Waals surface area contributed by atoms with Crippen LogP contribution in [0.4, 0.5) is 13.2 Å². The number of alkyl halides is 3. The van der Waals surface area contributed by atoms with Crippen LogP contribution in [0.25, 0.3) is 0 Å². The normalized spacial score (nSPS) is 16.1. The molecule has 1 aliphatic heterocycles. The maximum absolute atomic E-state index is 12.1. The summed E-state index contributed by atoms with van der Waals surface area (Å²) in [5.74, 6) is -2.00. The number of halogens is 4. The van der Waals surface area contributed by atoms with Crippen LogP contribution in [0.1, 0.15) is 11.7 Å². The highest BCUT2D eigenvalue weighted by molar-refractivity contribution is 6.30. The van der Waals surface area contributed by atoms with Gasteiger partial charge in [0.2, 0.25) is 5.91 Å². The van der Waals surface area contributed by atoms with Gasteiger partial charge in [0.1, 0.15) is 18.4 Å². The largest absolute Gasteiger partial charge is 0.492 e. The molecular formula is C18H20ClF3N4O4. The van der Waals surface area contributed by atoms with Gasteiger partial charge in [-0.25, -0.2) is 4.79 Å². The van der Waals surface area contributed by atoms with E-state index in [2.05, 4.69) is 15.3 Å². The fraction of sp³-hybridized carbons (Fsp3) is 0.389. The minimum atomic E-state index is -5.08. The van der Waals surface area contributed by atoms with Crippen LogP contribution in [0, 0.1) is 0 Å². The predicted octanol–water partition coefficient (Wildman–Crippen LogP) is 2.35. The second kappa shape index (κ2) is 10.3. The molecule has 0 bridgehead atoms. The van der Waals surface area contributed by atoms with Gasteiger partial charge in [-0.3, -0.25) is 14.4 Å². The van der Waals surface area contributed by atoms with E-state index in [1.54, 1.807) is 30.1 Å². The summed E-state index contributed by atoms with van der Waals surface area (Å²) in [5.41, 5.74) is 1.04. The number of carbonyl (C=O) groups excluding carboxylic acids is 1. The summed E-state index contributed by atoms with van der Waals surface area (Å²) in [6, 6.07) is 8.95. The molecule has 1 aromatic carbocycles. The van der Waals surface area contributed by atoms with Crippen LogP contribution < -0.4 is 10.1 Å². The van der Waals surface area contributed by atoms with Crippen molar-refractivity contribution in [3.63, 3.8) is 0 Å². The van der Waals surface area contributed by atoms with Gasteiger partial charge in [-0.2, -0.15) is 18.3 Å². The number of carboxylic acid groups (broad SMARTS) is 1. The third-order valence-corrected chi connectivity index (χ3v) is 4.40. The van der Waals surface area contributed by atoms with Crippen molar-refractivity contribution in [2.75, 3.05) is 26.7 Å². The number of carboxylic acids is 1. The Kier molecular flexibility index (Phi) is 8.07. The van der Waals surface area contributed by atoms with Crippen molar-refractivity contribution in [3.05, 3.63) is 47.2 Å². The maximum Gasteiger partial charge on any atom is 0.490 e. The van der Waals surface area contributed by atoms with Gasteiger partial charge in [0, 0.05) is 37.9 Å². The van der Waals surface area contributed by atoms with Gasteiger partial charge in [0.05, 0.1) is 5.69 Å². The van der Waals surface area contributed by atoms with E-state index >= 15 is 0 Å². The molecule has 30 heavy (non-hydrogen) atoms. The average Bonchev–Trinajstić information content (AvgIpc) is 3.16. The first kappa shape index (κ1) is 23.5. The van der Waals surface area contributed by atoms with Crippen molar-refractivity contribution >= 4 is 23.5 Å². The van der Waals surface area contributed by atoms with Crippen molar-refractivity contribution in [3.8, 4) is 5.75 Å². The number of likely N-dealkylation sites (N-methyl/N-ethyl adjacent to an activating group) is 1. The standard InChI is InChI=1S/C16H19ClN4O2.C2HF3O2/c1-18-16(22)15-11-20(10-13-6-7-19-21(13)15)8-9-23-14-4-2-12(17)3-5-14;3-2(4,5)1(6)7/h2-7,15H,8-11H2,1H3,(H,18,22);(H,6,7). The van der Waals surface area contributed by atoms with E-state index in [9.17, 15) is 18.0 Å². The Morgan fingerprint density at radius 1 is 1.30 bits per heavy atom. The monoisotopic (exact) mass is 448 g/mol. The number of benzene rings is 1. The number of hydrogen-bond acceptors (Lipinski definition) is 5. The van der Waals surface area contributed by atoms with E-state index in [-0.39, 0.29) is 11.9 Å². The molecular weight excluding hydrogens is 429 g/mol.